The number of ether oxygens (including phenoxy) is 1. The molecule has 1 unspecified atom stereocenters. The Balaban J connectivity index is 0.00000300. The number of aliphatic hydroxyl groups excluding tert-OH is 1. The largest absolute Gasteiger partial charge is 0.467 e. The summed E-state index contributed by atoms with van der Waals surface area (Å²) in [6.07, 6.45) is 7.29. The summed E-state index contributed by atoms with van der Waals surface area (Å²) in [5.41, 5.74) is 0.248. The van der Waals surface area contributed by atoms with Gasteiger partial charge >= 0.3 is 0 Å². The van der Waals surface area contributed by atoms with Gasteiger partial charge in [0.25, 0.3) is 0 Å². The zero-order valence-electron chi connectivity index (χ0n) is 17.6. The summed E-state index contributed by atoms with van der Waals surface area (Å²) in [6, 6.07) is 3.58. The standard InChI is InChI=1S/C21H36N4O3.HI/c1-2-22-20(23-15-18(26)19-7-6-12-28-19)24-16-21(8-4-3-5-9-21)17-25-10-13-27-14-11-25;/h6-7,12,18,26H,2-5,8-11,13-17H2,1H3,(H2,22,23,24);1H. The number of morpholine rings is 1. The van der Waals surface area contributed by atoms with Crippen molar-refractivity contribution >= 4 is 29.9 Å². The minimum Gasteiger partial charge on any atom is -0.467 e. The third-order valence-corrected chi connectivity index (χ3v) is 5.83. The number of nitrogens with one attached hydrogen (secondary N) is 2. The highest BCUT2D eigenvalue weighted by Gasteiger charge is 2.34. The van der Waals surface area contributed by atoms with Crippen LogP contribution >= 0.6 is 24.0 Å². The molecular formula is C21H37IN4O3. The number of aliphatic imine (C=N–C) groups is 1. The Morgan fingerprint density at radius 3 is 2.66 bits per heavy atom. The van der Waals surface area contributed by atoms with E-state index < -0.39 is 6.10 Å². The highest BCUT2D eigenvalue weighted by Crippen LogP contribution is 2.37. The van der Waals surface area contributed by atoms with Crippen LogP contribution in [0.25, 0.3) is 0 Å². The number of rotatable bonds is 8. The Bertz CT molecular complexity index is 585. The summed E-state index contributed by atoms with van der Waals surface area (Å²) in [4.78, 5) is 7.47. The Morgan fingerprint density at radius 1 is 1.24 bits per heavy atom. The normalized spacial score (nSPS) is 21.2. The first-order valence-corrected chi connectivity index (χ1v) is 10.7. The highest BCUT2D eigenvalue weighted by atomic mass is 127. The molecule has 0 amide bonds. The van der Waals surface area contributed by atoms with Gasteiger partial charge in [-0.05, 0) is 31.9 Å². The fourth-order valence-electron chi connectivity index (χ4n) is 4.26. The number of aliphatic hydroxyl groups is 1. The molecule has 2 heterocycles. The van der Waals surface area contributed by atoms with Crippen LogP contribution in [0.3, 0.4) is 0 Å². The molecule has 0 bridgehead atoms. The van der Waals surface area contributed by atoms with Crippen LogP contribution in [0.5, 0.6) is 0 Å². The maximum Gasteiger partial charge on any atom is 0.191 e. The number of halogens is 1. The predicted octanol–water partition coefficient (Wildman–Crippen LogP) is 2.77. The van der Waals surface area contributed by atoms with E-state index in [0.717, 1.165) is 51.9 Å². The predicted molar refractivity (Wildman–Crippen MR) is 126 cm³/mol. The molecule has 2 fully saturated rings. The number of hydrogen-bond acceptors (Lipinski definition) is 5. The van der Waals surface area contributed by atoms with Crippen LogP contribution in [-0.4, -0.2) is 68.4 Å². The van der Waals surface area contributed by atoms with Crippen molar-refractivity contribution < 1.29 is 14.3 Å². The van der Waals surface area contributed by atoms with Crippen LogP contribution in [0.2, 0.25) is 0 Å². The van der Waals surface area contributed by atoms with E-state index >= 15 is 0 Å². The van der Waals surface area contributed by atoms with Gasteiger partial charge in [-0.15, -0.1) is 24.0 Å². The number of furan rings is 1. The molecule has 0 spiro atoms. The van der Waals surface area contributed by atoms with Crippen molar-refractivity contribution in [1.29, 1.82) is 0 Å². The van der Waals surface area contributed by atoms with Gasteiger partial charge in [0, 0.05) is 38.1 Å². The fourth-order valence-corrected chi connectivity index (χ4v) is 4.26. The Morgan fingerprint density at radius 2 is 2.00 bits per heavy atom. The second-order valence-electron chi connectivity index (χ2n) is 8.06. The molecular weight excluding hydrogens is 483 g/mol. The number of guanidine groups is 1. The van der Waals surface area contributed by atoms with Crippen LogP contribution in [0.15, 0.2) is 27.8 Å². The summed E-state index contributed by atoms with van der Waals surface area (Å²) in [6.45, 7) is 8.88. The molecule has 1 atom stereocenters. The summed E-state index contributed by atoms with van der Waals surface area (Å²) in [5, 5.41) is 16.8. The van der Waals surface area contributed by atoms with Crippen LogP contribution in [-0.2, 0) is 4.74 Å². The van der Waals surface area contributed by atoms with Crippen molar-refractivity contribution in [2.45, 2.75) is 45.1 Å². The maximum atomic E-state index is 10.3. The first-order valence-electron chi connectivity index (χ1n) is 10.7. The molecule has 0 radical (unpaired) electrons. The topological polar surface area (TPSA) is 82.3 Å². The van der Waals surface area contributed by atoms with Gasteiger partial charge in [-0.25, -0.2) is 0 Å². The van der Waals surface area contributed by atoms with Gasteiger partial charge in [0.15, 0.2) is 5.96 Å². The first kappa shape index (κ1) is 24.4. The van der Waals surface area contributed by atoms with Gasteiger partial charge in [-0.1, -0.05) is 19.3 Å². The Labute approximate surface area is 191 Å². The van der Waals surface area contributed by atoms with Crippen LogP contribution in [0.4, 0.5) is 0 Å². The lowest BCUT2D eigenvalue weighted by molar-refractivity contribution is 0.00937. The van der Waals surface area contributed by atoms with Crippen molar-refractivity contribution in [3.8, 4) is 0 Å². The van der Waals surface area contributed by atoms with Crippen molar-refractivity contribution in [1.82, 2.24) is 15.5 Å². The zero-order chi connectivity index (χ0) is 19.7. The van der Waals surface area contributed by atoms with E-state index in [4.69, 9.17) is 14.1 Å². The van der Waals surface area contributed by atoms with E-state index in [2.05, 4.69) is 22.5 Å². The maximum absolute atomic E-state index is 10.3. The number of nitrogens with zero attached hydrogens (tertiary/aromatic N) is 2. The second kappa shape index (κ2) is 12.8. The monoisotopic (exact) mass is 520 g/mol. The van der Waals surface area contributed by atoms with Gasteiger partial charge in [0.05, 0.1) is 26.0 Å². The Hall–Kier alpha value is -0.840. The molecule has 3 N–H and O–H groups in total. The highest BCUT2D eigenvalue weighted by molar-refractivity contribution is 14.0. The average molecular weight is 520 g/mol. The quantitative estimate of drug-likeness (QED) is 0.278. The lowest BCUT2D eigenvalue weighted by Gasteiger charge is -2.41. The SMILES string of the molecule is CCNC(=NCC1(CN2CCOCC2)CCCCC1)NCC(O)c1ccco1.I. The fraction of sp³-hybridized carbons (Fsp3) is 0.762. The molecule has 3 rings (SSSR count). The van der Waals surface area contributed by atoms with Crippen molar-refractivity contribution in [2.24, 2.45) is 10.4 Å². The van der Waals surface area contributed by atoms with Crippen LogP contribution in [0.1, 0.15) is 50.9 Å². The van der Waals surface area contributed by atoms with Gasteiger partial charge in [0.1, 0.15) is 11.9 Å². The number of hydrogen-bond donors (Lipinski definition) is 3. The van der Waals surface area contributed by atoms with Gasteiger partial charge < -0.3 is 24.9 Å². The van der Waals surface area contributed by atoms with E-state index in [9.17, 15) is 5.11 Å². The van der Waals surface area contributed by atoms with Crippen molar-refractivity contribution in [3.63, 3.8) is 0 Å². The smallest absolute Gasteiger partial charge is 0.191 e. The van der Waals surface area contributed by atoms with E-state index in [1.807, 2.05) is 0 Å². The van der Waals surface area contributed by atoms with Gasteiger partial charge in [0.2, 0.25) is 0 Å². The zero-order valence-corrected chi connectivity index (χ0v) is 19.9. The first-order chi connectivity index (χ1) is 13.7. The van der Waals surface area contributed by atoms with Crippen molar-refractivity contribution in [2.75, 3.05) is 52.5 Å². The Kier molecular flexibility index (Phi) is 10.8. The summed E-state index contributed by atoms with van der Waals surface area (Å²) in [5.74, 6) is 1.33. The molecule has 8 heteroatoms. The molecule has 166 valence electrons. The second-order valence-corrected chi connectivity index (χ2v) is 8.06. The molecule has 1 aromatic rings. The third kappa shape index (κ3) is 7.73. The lowest BCUT2D eigenvalue weighted by atomic mass is 9.73. The van der Waals surface area contributed by atoms with Gasteiger partial charge in [-0.3, -0.25) is 9.89 Å². The molecule has 1 aromatic heterocycles. The average Bonchev–Trinajstić information content (AvgIpc) is 3.26. The lowest BCUT2D eigenvalue weighted by Crippen LogP contribution is -2.47. The molecule has 7 nitrogen and oxygen atoms in total. The molecule has 1 aliphatic heterocycles. The molecule has 29 heavy (non-hydrogen) atoms. The molecule has 0 aromatic carbocycles. The molecule has 1 aliphatic carbocycles. The van der Waals surface area contributed by atoms with Crippen molar-refractivity contribution in [3.05, 3.63) is 24.2 Å². The van der Waals surface area contributed by atoms with E-state index in [1.165, 1.54) is 32.1 Å². The van der Waals surface area contributed by atoms with Crippen LogP contribution < -0.4 is 10.6 Å². The summed E-state index contributed by atoms with van der Waals surface area (Å²) >= 11 is 0. The molecule has 1 saturated heterocycles. The minimum absolute atomic E-state index is 0. The summed E-state index contributed by atoms with van der Waals surface area (Å²) < 4.78 is 10.8. The van der Waals surface area contributed by atoms with Crippen LogP contribution in [0, 0.1) is 5.41 Å². The van der Waals surface area contributed by atoms with Gasteiger partial charge in [-0.2, -0.15) is 0 Å². The minimum atomic E-state index is -0.684. The van der Waals surface area contributed by atoms with E-state index in [0.29, 0.717) is 12.3 Å². The third-order valence-electron chi connectivity index (χ3n) is 5.83. The van der Waals surface area contributed by atoms with E-state index in [1.54, 1.807) is 18.4 Å². The summed E-state index contributed by atoms with van der Waals surface area (Å²) in [7, 11) is 0. The molecule has 2 aliphatic rings. The molecule has 1 saturated carbocycles. The van der Waals surface area contributed by atoms with E-state index in [-0.39, 0.29) is 29.4 Å².